The first-order valence-electron chi connectivity index (χ1n) is 9.29. The van der Waals surface area contributed by atoms with E-state index in [9.17, 15) is 18.0 Å². The minimum absolute atomic E-state index is 0.0129. The van der Waals surface area contributed by atoms with Gasteiger partial charge in [-0.05, 0) is 18.6 Å². The predicted octanol–water partition coefficient (Wildman–Crippen LogP) is 3.47. The lowest BCUT2D eigenvalue weighted by Crippen LogP contribution is -2.43. The maximum Gasteiger partial charge on any atom is 0.573 e. The van der Waals surface area contributed by atoms with Crippen molar-refractivity contribution in [2.75, 3.05) is 20.6 Å². The monoisotopic (exact) mass is 422 g/mol. The number of carbonyl (C=O) groups excluding carboxylic acids is 1. The summed E-state index contributed by atoms with van der Waals surface area (Å²) in [5, 5.41) is 6.09. The summed E-state index contributed by atoms with van der Waals surface area (Å²) in [5.41, 5.74) is 1.26. The number of benzene rings is 2. The molecule has 0 aliphatic carbocycles. The highest BCUT2D eigenvalue weighted by Gasteiger charge is 2.31. The standard InChI is InChI=1S/C21H25F3N4O2/c1-15(16-9-5-4-6-10-16)27-20(26-14-19(29)28(2)3)25-13-17-11-7-8-12-18(17)30-21(22,23)24/h4-12,15H,13-14H2,1-3H3,(H2,25,26,27). The van der Waals surface area contributed by atoms with E-state index in [0.29, 0.717) is 5.96 Å². The van der Waals surface area contributed by atoms with Gasteiger partial charge in [0.25, 0.3) is 0 Å². The number of likely N-dealkylation sites (N-methyl/N-ethyl adjacent to an activating group) is 1. The molecule has 0 spiro atoms. The Kier molecular flexibility index (Phi) is 8.08. The molecule has 0 bridgehead atoms. The zero-order valence-electron chi connectivity index (χ0n) is 17.0. The Morgan fingerprint density at radius 3 is 2.37 bits per heavy atom. The van der Waals surface area contributed by atoms with Gasteiger partial charge in [-0.1, -0.05) is 48.5 Å². The highest BCUT2D eigenvalue weighted by molar-refractivity contribution is 5.86. The van der Waals surface area contributed by atoms with E-state index in [4.69, 9.17) is 0 Å². The lowest BCUT2D eigenvalue weighted by Gasteiger charge is -2.20. The number of halogens is 3. The average molecular weight is 422 g/mol. The van der Waals surface area contributed by atoms with Crippen LogP contribution < -0.4 is 15.4 Å². The Morgan fingerprint density at radius 2 is 1.73 bits per heavy atom. The Bertz CT molecular complexity index is 855. The van der Waals surface area contributed by atoms with Gasteiger partial charge in [0, 0.05) is 19.7 Å². The minimum atomic E-state index is -4.79. The summed E-state index contributed by atoms with van der Waals surface area (Å²) in [4.78, 5) is 17.7. The molecule has 0 saturated carbocycles. The van der Waals surface area contributed by atoms with Crippen LogP contribution >= 0.6 is 0 Å². The van der Waals surface area contributed by atoms with E-state index >= 15 is 0 Å². The van der Waals surface area contributed by atoms with Crippen LogP contribution in [0.25, 0.3) is 0 Å². The van der Waals surface area contributed by atoms with Crippen LogP contribution in [-0.4, -0.2) is 43.8 Å². The smallest absolute Gasteiger partial charge is 0.405 e. The number of aliphatic imine (C=N–C) groups is 1. The molecule has 162 valence electrons. The largest absolute Gasteiger partial charge is 0.573 e. The third-order valence-corrected chi connectivity index (χ3v) is 4.16. The molecule has 1 amide bonds. The van der Waals surface area contributed by atoms with Gasteiger partial charge in [-0.3, -0.25) is 4.79 Å². The van der Waals surface area contributed by atoms with Crippen LogP contribution in [0.2, 0.25) is 0 Å². The first-order valence-corrected chi connectivity index (χ1v) is 9.29. The molecule has 2 rings (SSSR count). The molecule has 0 aromatic heterocycles. The fourth-order valence-electron chi connectivity index (χ4n) is 2.52. The van der Waals surface area contributed by atoms with Crippen molar-refractivity contribution in [2.24, 2.45) is 4.99 Å². The predicted molar refractivity (Wildman–Crippen MR) is 109 cm³/mol. The number of alkyl halides is 3. The number of amides is 1. The number of hydrogen-bond acceptors (Lipinski definition) is 3. The van der Waals surface area contributed by atoms with Crippen LogP contribution in [0.3, 0.4) is 0 Å². The van der Waals surface area contributed by atoms with Crippen molar-refractivity contribution in [1.82, 2.24) is 15.5 Å². The number of guanidine groups is 1. The Hall–Kier alpha value is -3.23. The van der Waals surface area contributed by atoms with Crippen molar-refractivity contribution in [1.29, 1.82) is 0 Å². The number of carbonyl (C=O) groups is 1. The number of ether oxygens (including phenoxy) is 1. The zero-order valence-corrected chi connectivity index (χ0v) is 17.0. The molecule has 2 aromatic carbocycles. The third kappa shape index (κ3) is 7.65. The summed E-state index contributed by atoms with van der Waals surface area (Å²) in [7, 11) is 3.26. The van der Waals surface area contributed by atoms with Crippen molar-refractivity contribution in [2.45, 2.75) is 25.9 Å². The number of nitrogens with one attached hydrogen (secondary N) is 2. The summed E-state index contributed by atoms with van der Waals surface area (Å²) in [6, 6.07) is 15.2. The highest BCUT2D eigenvalue weighted by Crippen LogP contribution is 2.26. The molecule has 1 atom stereocenters. The SMILES string of the molecule is CC(NC(=NCc1ccccc1OC(F)(F)F)NCC(=O)N(C)C)c1ccccc1. The van der Waals surface area contributed by atoms with E-state index in [1.807, 2.05) is 37.3 Å². The molecule has 1 unspecified atom stereocenters. The molecule has 9 heteroatoms. The molecule has 0 aliphatic rings. The molecule has 2 N–H and O–H groups in total. The maximum atomic E-state index is 12.6. The van der Waals surface area contributed by atoms with Crippen LogP contribution in [0, 0.1) is 0 Å². The summed E-state index contributed by atoms with van der Waals surface area (Å²) in [5.74, 6) is -0.186. The van der Waals surface area contributed by atoms with Gasteiger partial charge in [-0.25, -0.2) is 4.99 Å². The molecule has 6 nitrogen and oxygen atoms in total. The van der Waals surface area contributed by atoms with Crippen molar-refractivity contribution >= 4 is 11.9 Å². The molecule has 2 aromatic rings. The third-order valence-electron chi connectivity index (χ3n) is 4.16. The number of rotatable bonds is 7. The Morgan fingerprint density at radius 1 is 1.10 bits per heavy atom. The van der Waals surface area contributed by atoms with Crippen molar-refractivity contribution in [3.8, 4) is 5.75 Å². The summed E-state index contributed by atoms with van der Waals surface area (Å²) < 4.78 is 42.0. The van der Waals surface area contributed by atoms with E-state index in [2.05, 4.69) is 20.4 Å². The van der Waals surface area contributed by atoms with Gasteiger partial charge in [0.2, 0.25) is 5.91 Å². The number of nitrogens with zero attached hydrogens (tertiary/aromatic N) is 2. The van der Waals surface area contributed by atoms with E-state index in [-0.39, 0.29) is 36.4 Å². The van der Waals surface area contributed by atoms with E-state index in [1.54, 1.807) is 20.2 Å². The van der Waals surface area contributed by atoms with Crippen LogP contribution in [-0.2, 0) is 11.3 Å². The molecule has 0 heterocycles. The van der Waals surface area contributed by atoms with Crippen molar-refractivity contribution in [3.63, 3.8) is 0 Å². The van der Waals surface area contributed by atoms with Gasteiger partial charge in [0.05, 0.1) is 19.1 Å². The lowest BCUT2D eigenvalue weighted by molar-refractivity contribution is -0.274. The second-order valence-electron chi connectivity index (χ2n) is 6.74. The highest BCUT2D eigenvalue weighted by atomic mass is 19.4. The maximum absolute atomic E-state index is 12.6. The number of para-hydroxylation sites is 1. The summed E-state index contributed by atoms with van der Waals surface area (Å²) in [6.45, 7) is 1.83. The van der Waals surface area contributed by atoms with Crippen LogP contribution in [0.4, 0.5) is 13.2 Å². The first-order chi connectivity index (χ1) is 14.2. The first kappa shape index (κ1) is 23.1. The van der Waals surface area contributed by atoms with Gasteiger partial charge in [0.15, 0.2) is 5.96 Å². The Labute approximate surface area is 173 Å². The van der Waals surface area contributed by atoms with Gasteiger partial charge < -0.3 is 20.3 Å². The fraction of sp³-hybridized carbons (Fsp3) is 0.333. The van der Waals surface area contributed by atoms with Gasteiger partial charge in [-0.15, -0.1) is 13.2 Å². The molecule has 0 radical (unpaired) electrons. The molecule has 0 saturated heterocycles. The van der Waals surface area contributed by atoms with Gasteiger partial charge in [-0.2, -0.15) is 0 Å². The van der Waals surface area contributed by atoms with Crippen LogP contribution in [0.5, 0.6) is 5.75 Å². The second kappa shape index (κ2) is 10.5. The Balaban J connectivity index is 2.19. The molecular weight excluding hydrogens is 397 g/mol. The summed E-state index contributed by atoms with van der Waals surface area (Å²) >= 11 is 0. The van der Waals surface area contributed by atoms with E-state index in [0.717, 1.165) is 5.56 Å². The normalized spacial score (nSPS) is 12.8. The van der Waals surface area contributed by atoms with Crippen LogP contribution in [0.1, 0.15) is 24.1 Å². The molecule has 0 aliphatic heterocycles. The van der Waals surface area contributed by atoms with Crippen molar-refractivity contribution < 1.29 is 22.7 Å². The zero-order chi connectivity index (χ0) is 22.1. The van der Waals surface area contributed by atoms with Crippen molar-refractivity contribution in [3.05, 3.63) is 65.7 Å². The minimum Gasteiger partial charge on any atom is -0.405 e. The topological polar surface area (TPSA) is 66.0 Å². The van der Waals surface area contributed by atoms with Crippen LogP contribution in [0.15, 0.2) is 59.6 Å². The lowest BCUT2D eigenvalue weighted by atomic mass is 10.1. The molecule has 0 fully saturated rings. The van der Waals surface area contributed by atoms with Gasteiger partial charge in [0.1, 0.15) is 5.75 Å². The number of hydrogen-bond donors (Lipinski definition) is 2. The van der Waals surface area contributed by atoms with E-state index in [1.165, 1.54) is 23.1 Å². The quantitative estimate of drug-likeness (QED) is 0.530. The fourth-order valence-corrected chi connectivity index (χ4v) is 2.52. The second-order valence-corrected chi connectivity index (χ2v) is 6.74. The average Bonchev–Trinajstić information content (AvgIpc) is 2.70. The molecular formula is C21H25F3N4O2. The van der Waals surface area contributed by atoms with E-state index < -0.39 is 6.36 Å². The molecule has 30 heavy (non-hydrogen) atoms. The summed E-state index contributed by atoms with van der Waals surface area (Å²) in [6.07, 6.45) is -4.79. The van der Waals surface area contributed by atoms with Gasteiger partial charge >= 0.3 is 6.36 Å².